The van der Waals surface area contributed by atoms with Crippen LogP contribution >= 0.6 is 0 Å². The van der Waals surface area contributed by atoms with Gasteiger partial charge in [0.05, 0.1) is 18.8 Å². The minimum Gasteiger partial charge on any atom is -0.495 e. The van der Waals surface area contributed by atoms with Crippen molar-refractivity contribution in [1.29, 1.82) is 0 Å². The lowest BCUT2D eigenvalue weighted by molar-refractivity contribution is 0.191. The van der Waals surface area contributed by atoms with Crippen LogP contribution in [0.3, 0.4) is 0 Å². The number of nitrogens with zero attached hydrogens (tertiary/aromatic N) is 1. The van der Waals surface area contributed by atoms with E-state index in [1.165, 1.54) is 0 Å². The van der Waals surface area contributed by atoms with Gasteiger partial charge in [-0.25, -0.2) is 4.79 Å². The van der Waals surface area contributed by atoms with E-state index in [2.05, 4.69) is 10.2 Å². The van der Waals surface area contributed by atoms with Crippen LogP contribution in [0.5, 0.6) is 5.75 Å². The summed E-state index contributed by atoms with van der Waals surface area (Å²) in [5.41, 5.74) is 1.02. The third-order valence-electron chi connectivity index (χ3n) is 2.94. The van der Waals surface area contributed by atoms with E-state index < -0.39 is 6.09 Å². The van der Waals surface area contributed by atoms with Crippen LogP contribution in [-0.4, -0.2) is 37.4 Å². The molecule has 0 radical (unpaired) electrons. The van der Waals surface area contributed by atoms with Gasteiger partial charge in [0, 0.05) is 13.1 Å². The highest BCUT2D eigenvalue weighted by atomic mass is 16.5. The van der Waals surface area contributed by atoms with Crippen LogP contribution < -0.4 is 15.0 Å². The number of hydrogen-bond acceptors (Lipinski definition) is 3. The minimum absolute atomic E-state index is 0.00240. The van der Waals surface area contributed by atoms with Crippen molar-refractivity contribution < 1.29 is 14.6 Å². The number of amides is 1. The van der Waals surface area contributed by atoms with Crippen LogP contribution in [0.15, 0.2) is 24.3 Å². The molecular formula is C12H16N2O3. The molecule has 5 nitrogen and oxygen atoms in total. The molecule has 2 N–H and O–H groups in total. The largest absolute Gasteiger partial charge is 0.495 e. The lowest BCUT2D eigenvalue weighted by Gasteiger charge is -2.21. The Bertz CT molecular complexity index is 408. The Morgan fingerprint density at radius 1 is 1.53 bits per heavy atom. The van der Waals surface area contributed by atoms with Gasteiger partial charge in [-0.1, -0.05) is 12.1 Å². The SMILES string of the molecule is COc1ccccc1N1CCC(NC(=O)O)C1. The monoisotopic (exact) mass is 236 g/mol. The second-order valence-corrected chi connectivity index (χ2v) is 4.05. The summed E-state index contributed by atoms with van der Waals surface area (Å²) in [6.07, 6.45) is -0.137. The highest BCUT2D eigenvalue weighted by Crippen LogP contribution is 2.30. The molecule has 0 spiro atoms. The van der Waals surface area contributed by atoms with Crippen LogP contribution in [0.1, 0.15) is 6.42 Å². The Balaban J connectivity index is 2.07. The zero-order valence-electron chi connectivity index (χ0n) is 9.72. The number of ether oxygens (including phenoxy) is 1. The van der Waals surface area contributed by atoms with Crippen molar-refractivity contribution in [3.05, 3.63) is 24.3 Å². The molecule has 1 aromatic rings. The highest BCUT2D eigenvalue weighted by Gasteiger charge is 2.25. The molecule has 1 atom stereocenters. The summed E-state index contributed by atoms with van der Waals surface area (Å²) in [5, 5.41) is 11.2. The molecule has 1 aliphatic heterocycles. The van der Waals surface area contributed by atoms with Crippen LogP contribution in [-0.2, 0) is 0 Å². The Hall–Kier alpha value is -1.91. The molecule has 1 saturated heterocycles. The van der Waals surface area contributed by atoms with E-state index in [9.17, 15) is 4.79 Å². The Kier molecular flexibility index (Phi) is 3.37. The number of methoxy groups -OCH3 is 1. The summed E-state index contributed by atoms with van der Waals surface area (Å²) < 4.78 is 5.30. The zero-order valence-corrected chi connectivity index (χ0v) is 9.72. The zero-order chi connectivity index (χ0) is 12.3. The molecule has 1 unspecified atom stereocenters. The first-order valence-corrected chi connectivity index (χ1v) is 5.58. The number of anilines is 1. The fourth-order valence-corrected chi connectivity index (χ4v) is 2.16. The minimum atomic E-state index is -0.961. The lowest BCUT2D eigenvalue weighted by atomic mass is 10.2. The number of carbonyl (C=O) groups is 1. The number of carboxylic acid groups (broad SMARTS) is 1. The van der Waals surface area contributed by atoms with Crippen molar-refractivity contribution in [1.82, 2.24) is 5.32 Å². The second-order valence-electron chi connectivity index (χ2n) is 4.05. The van der Waals surface area contributed by atoms with Gasteiger partial charge in [0.1, 0.15) is 5.75 Å². The van der Waals surface area contributed by atoms with Crippen LogP contribution in [0.25, 0.3) is 0 Å². The van der Waals surface area contributed by atoms with Gasteiger partial charge in [-0.15, -0.1) is 0 Å². The number of benzene rings is 1. The van der Waals surface area contributed by atoms with Crippen molar-refractivity contribution in [3.63, 3.8) is 0 Å². The van der Waals surface area contributed by atoms with Crippen molar-refractivity contribution in [2.75, 3.05) is 25.1 Å². The lowest BCUT2D eigenvalue weighted by Crippen LogP contribution is -2.36. The third kappa shape index (κ3) is 2.61. The average Bonchev–Trinajstić information content (AvgIpc) is 2.76. The van der Waals surface area contributed by atoms with Gasteiger partial charge in [-0.2, -0.15) is 0 Å². The summed E-state index contributed by atoms with van der Waals surface area (Å²) in [6.45, 7) is 1.53. The molecule has 1 aliphatic rings. The van der Waals surface area contributed by atoms with Gasteiger partial charge in [-0.3, -0.25) is 0 Å². The molecule has 1 heterocycles. The van der Waals surface area contributed by atoms with Gasteiger partial charge in [0.25, 0.3) is 0 Å². The van der Waals surface area contributed by atoms with Crippen molar-refractivity contribution in [2.45, 2.75) is 12.5 Å². The summed E-state index contributed by atoms with van der Waals surface area (Å²) in [6, 6.07) is 7.77. The predicted octanol–water partition coefficient (Wildman–Crippen LogP) is 1.54. The van der Waals surface area contributed by atoms with Crippen LogP contribution in [0.2, 0.25) is 0 Å². The van der Waals surface area contributed by atoms with Crippen LogP contribution in [0, 0.1) is 0 Å². The molecule has 0 aromatic heterocycles. The maximum Gasteiger partial charge on any atom is 0.404 e. The number of nitrogens with one attached hydrogen (secondary N) is 1. The molecule has 0 bridgehead atoms. The Morgan fingerprint density at radius 3 is 3.00 bits per heavy atom. The van der Waals surface area contributed by atoms with E-state index in [0.29, 0.717) is 6.54 Å². The first-order valence-electron chi connectivity index (χ1n) is 5.58. The van der Waals surface area contributed by atoms with E-state index in [-0.39, 0.29) is 6.04 Å². The maximum absolute atomic E-state index is 10.6. The average molecular weight is 236 g/mol. The van der Waals surface area contributed by atoms with Gasteiger partial charge in [-0.05, 0) is 18.6 Å². The van der Waals surface area contributed by atoms with Gasteiger partial charge in [0.2, 0.25) is 0 Å². The second kappa shape index (κ2) is 4.95. The van der Waals surface area contributed by atoms with E-state index in [0.717, 1.165) is 24.4 Å². The molecule has 2 rings (SSSR count). The van der Waals surface area contributed by atoms with Crippen molar-refractivity contribution in [3.8, 4) is 5.75 Å². The Morgan fingerprint density at radius 2 is 2.29 bits per heavy atom. The first-order chi connectivity index (χ1) is 8.20. The number of hydrogen-bond donors (Lipinski definition) is 2. The number of rotatable bonds is 3. The Labute approximate surface area is 100.0 Å². The summed E-state index contributed by atoms with van der Waals surface area (Å²) in [5.74, 6) is 0.823. The molecule has 1 aromatic carbocycles. The van der Waals surface area contributed by atoms with Crippen molar-refractivity contribution in [2.24, 2.45) is 0 Å². The molecule has 1 fully saturated rings. The molecule has 0 saturated carbocycles. The van der Waals surface area contributed by atoms with Crippen LogP contribution in [0.4, 0.5) is 10.5 Å². The van der Waals surface area contributed by atoms with E-state index in [4.69, 9.17) is 9.84 Å². The first kappa shape index (κ1) is 11.6. The fourth-order valence-electron chi connectivity index (χ4n) is 2.16. The van der Waals surface area contributed by atoms with Crippen molar-refractivity contribution >= 4 is 11.8 Å². The van der Waals surface area contributed by atoms with Gasteiger partial charge < -0.3 is 20.1 Å². The van der Waals surface area contributed by atoms with E-state index in [1.54, 1.807) is 7.11 Å². The predicted molar refractivity (Wildman–Crippen MR) is 64.8 cm³/mol. The highest BCUT2D eigenvalue weighted by molar-refractivity contribution is 5.65. The maximum atomic E-state index is 10.6. The topological polar surface area (TPSA) is 61.8 Å². The van der Waals surface area contributed by atoms with E-state index >= 15 is 0 Å². The summed E-state index contributed by atoms with van der Waals surface area (Å²) in [7, 11) is 1.64. The van der Waals surface area contributed by atoms with Gasteiger partial charge >= 0.3 is 6.09 Å². The molecule has 5 heteroatoms. The number of para-hydroxylation sites is 2. The van der Waals surface area contributed by atoms with Gasteiger partial charge in [0.15, 0.2) is 0 Å². The smallest absolute Gasteiger partial charge is 0.404 e. The molecule has 1 amide bonds. The normalized spacial score (nSPS) is 19.1. The standard InChI is InChI=1S/C12H16N2O3/c1-17-11-5-3-2-4-10(11)14-7-6-9(8-14)13-12(15)16/h2-5,9,13H,6-8H2,1H3,(H,15,16). The molecule has 17 heavy (non-hydrogen) atoms. The fraction of sp³-hybridized carbons (Fsp3) is 0.417. The summed E-state index contributed by atoms with van der Waals surface area (Å²) in [4.78, 5) is 12.7. The molecule has 92 valence electrons. The third-order valence-corrected chi connectivity index (χ3v) is 2.94. The summed E-state index contributed by atoms with van der Waals surface area (Å²) >= 11 is 0. The quantitative estimate of drug-likeness (QED) is 0.835. The molecule has 0 aliphatic carbocycles. The molecular weight excluding hydrogens is 220 g/mol. The van der Waals surface area contributed by atoms with E-state index in [1.807, 2.05) is 24.3 Å².